The van der Waals surface area contributed by atoms with Crippen molar-refractivity contribution in [3.05, 3.63) is 53.4 Å². The summed E-state index contributed by atoms with van der Waals surface area (Å²) >= 11 is 0. The van der Waals surface area contributed by atoms with E-state index in [0.29, 0.717) is 6.54 Å². The number of nitrogens with one attached hydrogen (secondary N) is 1. The van der Waals surface area contributed by atoms with Crippen LogP contribution in [0, 0.1) is 12.7 Å². The molecule has 1 atom stereocenters. The molecule has 5 heteroatoms. The molecule has 0 amide bonds. The smallest absolute Gasteiger partial charge is 0.123 e. The summed E-state index contributed by atoms with van der Waals surface area (Å²) in [6, 6.07) is 6.80. The zero-order chi connectivity index (χ0) is 15.4. The highest BCUT2D eigenvalue weighted by Gasteiger charge is 2.20. The third-order valence-corrected chi connectivity index (χ3v) is 4.09. The quantitative estimate of drug-likeness (QED) is 0.892. The Kier molecular flexibility index (Phi) is 4.85. The standard InChI is InChI=1S/C17H22FN3O/c1-13-17(20-12-19-13)11-21(10-16-6-3-7-22-16)9-14-4-2-5-15(18)8-14/h2,4-5,8,12,16H,3,6-7,9-11H2,1H3,(H,19,20)/t16-/m1/s1. The first-order chi connectivity index (χ1) is 10.7. The van der Waals surface area contributed by atoms with Crippen LogP contribution in [0.1, 0.15) is 29.8 Å². The molecule has 1 fully saturated rings. The fraction of sp³-hybridized carbons (Fsp3) is 0.471. The Morgan fingerprint density at radius 3 is 3.00 bits per heavy atom. The number of hydrogen-bond acceptors (Lipinski definition) is 3. The van der Waals surface area contributed by atoms with Crippen molar-refractivity contribution in [2.75, 3.05) is 13.2 Å². The van der Waals surface area contributed by atoms with Gasteiger partial charge in [0, 0.05) is 31.9 Å². The molecule has 1 aromatic heterocycles. The van der Waals surface area contributed by atoms with Crippen molar-refractivity contribution < 1.29 is 9.13 Å². The summed E-state index contributed by atoms with van der Waals surface area (Å²) in [6.45, 7) is 5.16. The number of benzene rings is 1. The molecule has 0 radical (unpaired) electrons. The number of aryl methyl sites for hydroxylation is 1. The van der Waals surface area contributed by atoms with Crippen LogP contribution < -0.4 is 0 Å². The molecule has 1 N–H and O–H groups in total. The largest absolute Gasteiger partial charge is 0.377 e. The lowest BCUT2D eigenvalue weighted by molar-refractivity contribution is 0.0674. The summed E-state index contributed by atoms with van der Waals surface area (Å²) in [5, 5.41) is 0. The van der Waals surface area contributed by atoms with Crippen LogP contribution in [-0.4, -0.2) is 34.1 Å². The lowest BCUT2D eigenvalue weighted by atomic mass is 10.1. The first kappa shape index (κ1) is 15.2. The van der Waals surface area contributed by atoms with Gasteiger partial charge >= 0.3 is 0 Å². The number of halogens is 1. The van der Waals surface area contributed by atoms with E-state index in [9.17, 15) is 4.39 Å². The molecular weight excluding hydrogens is 281 g/mol. The normalized spacial score (nSPS) is 18.2. The van der Waals surface area contributed by atoms with Crippen LogP contribution in [-0.2, 0) is 17.8 Å². The van der Waals surface area contributed by atoms with Gasteiger partial charge in [-0.3, -0.25) is 4.90 Å². The Morgan fingerprint density at radius 2 is 2.32 bits per heavy atom. The molecule has 1 aliphatic heterocycles. The molecule has 0 unspecified atom stereocenters. The van der Waals surface area contributed by atoms with Crippen LogP contribution in [0.3, 0.4) is 0 Å². The summed E-state index contributed by atoms with van der Waals surface area (Å²) in [6.07, 6.45) is 4.21. The van der Waals surface area contributed by atoms with E-state index in [4.69, 9.17) is 4.74 Å². The van der Waals surface area contributed by atoms with E-state index in [1.807, 2.05) is 13.0 Å². The number of H-pyrrole nitrogens is 1. The van der Waals surface area contributed by atoms with Gasteiger partial charge in [0.05, 0.1) is 18.1 Å². The molecule has 1 aromatic carbocycles. The summed E-state index contributed by atoms with van der Waals surface area (Å²) in [5.74, 6) is -0.189. The highest BCUT2D eigenvalue weighted by Crippen LogP contribution is 2.17. The van der Waals surface area contributed by atoms with Gasteiger partial charge in [-0.1, -0.05) is 12.1 Å². The lowest BCUT2D eigenvalue weighted by Crippen LogP contribution is -2.31. The third kappa shape index (κ3) is 3.93. The van der Waals surface area contributed by atoms with Gasteiger partial charge in [-0.15, -0.1) is 0 Å². The highest BCUT2D eigenvalue weighted by atomic mass is 19.1. The maximum Gasteiger partial charge on any atom is 0.123 e. The van der Waals surface area contributed by atoms with Gasteiger partial charge in [-0.05, 0) is 37.5 Å². The van der Waals surface area contributed by atoms with E-state index >= 15 is 0 Å². The average molecular weight is 303 g/mol. The second-order valence-electron chi connectivity index (χ2n) is 5.91. The van der Waals surface area contributed by atoms with Crippen molar-refractivity contribution >= 4 is 0 Å². The van der Waals surface area contributed by atoms with Crippen molar-refractivity contribution in [3.63, 3.8) is 0 Å². The second kappa shape index (κ2) is 7.03. The number of imidazole rings is 1. The van der Waals surface area contributed by atoms with Gasteiger partial charge in [0.2, 0.25) is 0 Å². The van der Waals surface area contributed by atoms with E-state index in [1.165, 1.54) is 6.07 Å². The van der Waals surface area contributed by atoms with Gasteiger partial charge in [0.1, 0.15) is 5.82 Å². The molecule has 0 saturated carbocycles. The summed E-state index contributed by atoms with van der Waals surface area (Å²) in [7, 11) is 0. The van der Waals surface area contributed by atoms with Gasteiger partial charge in [0.25, 0.3) is 0 Å². The first-order valence-corrected chi connectivity index (χ1v) is 7.78. The fourth-order valence-corrected chi connectivity index (χ4v) is 2.91. The monoisotopic (exact) mass is 303 g/mol. The average Bonchev–Trinajstić information content (AvgIpc) is 3.12. The minimum absolute atomic E-state index is 0.189. The predicted octanol–water partition coefficient (Wildman–Crippen LogP) is 3.04. The molecule has 2 aromatic rings. The van der Waals surface area contributed by atoms with E-state index < -0.39 is 0 Å². The molecule has 0 spiro atoms. The van der Waals surface area contributed by atoms with Gasteiger partial charge in [0.15, 0.2) is 0 Å². The fourth-order valence-electron chi connectivity index (χ4n) is 2.91. The maximum atomic E-state index is 13.4. The third-order valence-electron chi connectivity index (χ3n) is 4.09. The number of hydrogen-bond donors (Lipinski definition) is 1. The molecule has 1 aliphatic rings. The van der Waals surface area contributed by atoms with Crippen LogP contribution in [0.2, 0.25) is 0 Å². The first-order valence-electron chi connectivity index (χ1n) is 7.78. The minimum atomic E-state index is -0.189. The number of ether oxygens (including phenoxy) is 1. The van der Waals surface area contributed by atoms with E-state index in [0.717, 1.165) is 49.5 Å². The minimum Gasteiger partial charge on any atom is -0.377 e. The Morgan fingerprint density at radius 1 is 1.41 bits per heavy atom. The molecule has 22 heavy (non-hydrogen) atoms. The van der Waals surface area contributed by atoms with Crippen LogP contribution in [0.15, 0.2) is 30.6 Å². The predicted molar refractivity (Wildman–Crippen MR) is 82.8 cm³/mol. The zero-order valence-corrected chi connectivity index (χ0v) is 12.9. The van der Waals surface area contributed by atoms with Gasteiger partial charge in [-0.25, -0.2) is 9.37 Å². The number of rotatable bonds is 6. The molecule has 4 nitrogen and oxygen atoms in total. The second-order valence-corrected chi connectivity index (χ2v) is 5.91. The van der Waals surface area contributed by atoms with Gasteiger partial charge < -0.3 is 9.72 Å². The lowest BCUT2D eigenvalue weighted by Gasteiger charge is -2.25. The molecule has 2 heterocycles. The van der Waals surface area contributed by atoms with Crippen LogP contribution in [0.25, 0.3) is 0 Å². The molecule has 0 bridgehead atoms. The maximum absolute atomic E-state index is 13.4. The van der Waals surface area contributed by atoms with Crippen molar-refractivity contribution in [2.45, 2.75) is 39.0 Å². The summed E-state index contributed by atoms with van der Waals surface area (Å²) in [4.78, 5) is 9.77. The molecule has 118 valence electrons. The topological polar surface area (TPSA) is 41.2 Å². The van der Waals surface area contributed by atoms with Crippen LogP contribution in [0.5, 0.6) is 0 Å². The van der Waals surface area contributed by atoms with Crippen molar-refractivity contribution in [2.24, 2.45) is 0 Å². The molecule has 1 saturated heterocycles. The van der Waals surface area contributed by atoms with Crippen molar-refractivity contribution in [3.8, 4) is 0 Å². The van der Waals surface area contributed by atoms with Crippen molar-refractivity contribution in [1.29, 1.82) is 0 Å². The Bertz CT molecular complexity index is 607. The Balaban J connectivity index is 1.71. The van der Waals surface area contributed by atoms with Crippen molar-refractivity contribution in [1.82, 2.24) is 14.9 Å². The number of nitrogens with zero attached hydrogens (tertiary/aromatic N) is 2. The zero-order valence-electron chi connectivity index (χ0n) is 12.9. The van der Waals surface area contributed by atoms with Crippen LogP contribution >= 0.6 is 0 Å². The Hall–Kier alpha value is -1.72. The Labute approximate surface area is 130 Å². The molecule has 0 aliphatic carbocycles. The molecular formula is C17H22FN3O. The number of aromatic amines is 1. The summed E-state index contributed by atoms with van der Waals surface area (Å²) < 4.78 is 19.2. The van der Waals surface area contributed by atoms with E-state index in [2.05, 4.69) is 14.9 Å². The van der Waals surface area contributed by atoms with E-state index in [1.54, 1.807) is 18.5 Å². The highest BCUT2D eigenvalue weighted by molar-refractivity contribution is 5.17. The SMILES string of the molecule is Cc1[nH]cnc1CN(Cc1cccc(F)c1)C[C@H]1CCCO1. The number of aromatic nitrogens is 2. The van der Waals surface area contributed by atoms with Crippen LogP contribution in [0.4, 0.5) is 4.39 Å². The summed E-state index contributed by atoms with van der Waals surface area (Å²) in [5.41, 5.74) is 3.09. The molecule has 3 rings (SSSR count). The van der Waals surface area contributed by atoms with Gasteiger partial charge in [-0.2, -0.15) is 0 Å². The van der Waals surface area contributed by atoms with E-state index in [-0.39, 0.29) is 11.9 Å².